The molecule has 0 unspecified atom stereocenters. The van der Waals surface area contributed by atoms with Crippen molar-refractivity contribution in [1.29, 1.82) is 0 Å². The molecule has 4 aromatic rings. The van der Waals surface area contributed by atoms with Crippen molar-refractivity contribution in [3.05, 3.63) is 118 Å². The van der Waals surface area contributed by atoms with Gasteiger partial charge in [-0.25, -0.2) is 20.9 Å². The minimum absolute atomic E-state index is 0. The molecule has 0 amide bonds. The molecule has 0 aliphatic heterocycles. The normalized spacial score (nSPS) is 9.21. The SMILES string of the molecule is Cc1cc[c-](C)c1C.Cc1cc[c-](C)c1C.Oc1ccc(F)cc1.Oc1ccc(F)cc1.[Zr+2]. The molecular weight excluding hydrogens is 498 g/mol. The van der Waals surface area contributed by atoms with Gasteiger partial charge in [-0.15, -0.1) is 0 Å². The second-order valence-corrected chi connectivity index (χ2v) is 7.60. The zero-order valence-electron chi connectivity index (χ0n) is 20.1. The molecule has 33 heavy (non-hydrogen) atoms. The van der Waals surface area contributed by atoms with Gasteiger partial charge in [-0.1, -0.05) is 41.5 Å². The largest absolute Gasteiger partial charge is 2.00 e. The van der Waals surface area contributed by atoms with Crippen molar-refractivity contribution in [2.24, 2.45) is 0 Å². The van der Waals surface area contributed by atoms with Crippen molar-refractivity contribution in [3.63, 3.8) is 0 Å². The number of phenols is 2. The Kier molecular flexibility index (Phi) is 14.2. The van der Waals surface area contributed by atoms with Gasteiger partial charge in [-0.2, -0.15) is 45.5 Å². The number of rotatable bonds is 0. The van der Waals surface area contributed by atoms with Gasteiger partial charge in [0.15, 0.2) is 0 Å². The van der Waals surface area contributed by atoms with E-state index >= 15 is 0 Å². The number of aryl methyl sites for hydroxylation is 4. The second-order valence-electron chi connectivity index (χ2n) is 7.60. The molecular formula is C28H32F2O2Zr. The molecule has 0 saturated heterocycles. The summed E-state index contributed by atoms with van der Waals surface area (Å²) in [5.41, 5.74) is 8.49. The molecule has 0 aliphatic carbocycles. The molecule has 0 aliphatic rings. The Labute approximate surface area is 215 Å². The van der Waals surface area contributed by atoms with E-state index in [9.17, 15) is 8.78 Å². The Morgan fingerprint density at radius 1 is 0.545 bits per heavy atom. The second kappa shape index (κ2) is 15.3. The van der Waals surface area contributed by atoms with Crippen molar-refractivity contribution in [1.82, 2.24) is 0 Å². The van der Waals surface area contributed by atoms with Crippen LogP contribution < -0.4 is 0 Å². The summed E-state index contributed by atoms with van der Waals surface area (Å²) in [6.07, 6.45) is 0. The first-order chi connectivity index (χ1) is 15.0. The monoisotopic (exact) mass is 528 g/mol. The summed E-state index contributed by atoms with van der Waals surface area (Å²) < 4.78 is 24.0. The summed E-state index contributed by atoms with van der Waals surface area (Å²) in [4.78, 5) is 0. The van der Waals surface area contributed by atoms with E-state index in [1.807, 2.05) is 0 Å². The molecule has 5 heteroatoms. The molecule has 0 fully saturated rings. The number of hydrogen-bond donors (Lipinski definition) is 2. The Morgan fingerprint density at radius 3 is 0.939 bits per heavy atom. The van der Waals surface area contributed by atoms with Crippen LogP contribution in [0.25, 0.3) is 0 Å². The maximum atomic E-state index is 12.0. The summed E-state index contributed by atoms with van der Waals surface area (Å²) in [7, 11) is 0. The topological polar surface area (TPSA) is 40.5 Å². The quantitative estimate of drug-likeness (QED) is 0.229. The fourth-order valence-electron chi connectivity index (χ4n) is 2.50. The van der Waals surface area contributed by atoms with Crippen molar-refractivity contribution >= 4 is 0 Å². The first-order valence-corrected chi connectivity index (χ1v) is 10.3. The van der Waals surface area contributed by atoms with Gasteiger partial charge < -0.3 is 10.2 Å². The number of aromatic hydroxyl groups is 2. The van der Waals surface area contributed by atoms with Crippen LogP contribution >= 0.6 is 0 Å². The maximum absolute atomic E-state index is 12.0. The Hall–Kier alpha value is -2.52. The predicted molar refractivity (Wildman–Crippen MR) is 129 cm³/mol. The van der Waals surface area contributed by atoms with E-state index < -0.39 is 0 Å². The maximum Gasteiger partial charge on any atom is 2.00 e. The Balaban J connectivity index is 0.000000410. The van der Waals surface area contributed by atoms with E-state index in [2.05, 4.69) is 65.8 Å². The zero-order chi connectivity index (χ0) is 24.3. The molecule has 0 bridgehead atoms. The number of halogens is 2. The van der Waals surface area contributed by atoms with Gasteiger partial charge in [0.2, 0.25) is 0 Å². The summed E-state index contributed by atoms with van der Waals surface area (Å²) >= 11 is 0. The van der Waals surface area contributed by atoms with Crippen LogP contribution in [0.1, 0.15) is 33.4 Å². The zero-order valence-corrected chi connectivity index (χ0v) is 22.5. The van der Waals surface area contributed by atoms with Gasteiger partial charge >= 0.3 is 26.2 Å². The smallest absolute Gasteiger partial charge is 0.508 e. The molecule has 0 spiro atoms. The van der Waals surface area contributed by atoms with Crippen molar-refractivity contribution in [2.45, 2.75) is 41.5 Å². The summed E-state index contributed by atoms with van der Waals surface area (Å²) in [6, 6.07) is 18.6. The summed E-state index contributed by atoms with van der Waals surface area (Å²) in [6.45, 7) is 12.9. The third-order valence-electron chi connectivity index (χ3n) is 5.19. The van der Waals surface area contributed by atoms with Gasteiger partial charge in [-0.05, 0) is 48.5 Å². The first-order valence-electron chi connectivity index (χ1n) is 10.3. The minimum Gasteiger partial charge on any atom is -0.508 e. The van der Waals surface area contributed by atoms with Crippen LogP contribution in [-0.2, 0) is 26.2 Å². The molecule has 174 valence electrons. The van der Waals surface area contributed by atoms with Gasteiger partial charge in [0.05, 0.1) is 0 Å². The third kappa shape index (κ3) is 11.8. The van der Waals surface area contributed by atoms with Crippen LogP contribution in [0.15, 0.2) is 72.8 Å². The molecule has 0 atom stereocenters. The fraction of sp³-hybridized carbons (Fsp3) is 0.214. The molecule has 4 rings (SSSR count). The molecule has 0 heterocycles. The first kappa shape index (κ1) is 30.5. The van der Waals surface area contributed by atoms with Gasteiger partial charge in [0, 0.05) is 0 Å². The van der Waals surface area contributed by atoms with Gasteiger partial charge in [0.1, 0.15) is 23.1 Å². The number of benzene rings is 2. The predicted octanol–water partition coefficient (Wildman–Crippen LogP) is 7.72. The van der Waals surface area contributed by atoms with Crippen LogP contribution in [0.4, 0.5) is 8.78 Å². The van der Waals surface area contributed by atoms with Crippen LogP contribution in [0.3, 0.4) is 0 Å². The molecule has 0 radical (unpaired) electrons. The molecule has 0 aromatic heterocycles. The van der Waals surface area contributed by atoms with Crippen molar-refractivity contribution < 1.29 is 45.2 Å². The molecule has 0 saturated carbocycles. The van der Waals surface area contributed by atoms with E-state index in [1.165, 1.54) is 81.9 Å². The van der Waals surface area contributed by atoms with Crippen LogP contribution in [0.2, 0.25) is 0 Å². The molecule has 4 aromatic carbocycles. The van der Waals surface area contributed by atoms with Gasteiger partial charge in [0.25, 0.3) is 0 Å². The summed E-state index contributed by atoms with van der Waals surface area (Å²) in [5, 5.41) is 17.2. The van der Waals surface area contributed by atoms with Crippen LogP contribution in [0, 0.1) is 53.2 Å². The Bertz CT molecular complexity index is 894. The Morgan fingerprint density at radius 2 is 0.818 bits per heavy atom. The standard InChI is InChI=1S/2C8H11.2C6H5FO.Zr/c2*1-6-4-5-7(2)8(6)3;2*7-5-1-3-6(8)4-2-5;/h2*4-5H,1-3H3;2*1-4,8H;/q2*-1;;;+2. The van der Waals surface area contributed by atoms with E-state index in [-0.39, 0.29) is 49.3 Å². The van der Waals surface area contributed by atoms with Gasteiger partial charge in [-0.3, -0.25) is 0 Å². The van der Waals surface area contributed by atoms with E-state index in [0.717, 1.165) is 0 Å². The average Bonchev–Trinajstić information content (AvgIpc) is 3.23. The number of phenolic OH excluding ortho intramolecular Hbond substituents is 2. The van der Waals surface area contributed by atoms with Crippen molar-refractivity contribution in [3.8, 4) is 11.5 Å². The van der Waals surface area contributed by atoms with E-state index in [1.54, 1.807) is 0 Å². The molecule has 2 nitrogen and oxygen atoms in total. The average molecular weight is 530 g/mol. The third-order valence-corrected chi connectivity index (χ3v) is 5.19. The van der Waals surface area contributed by atoms with E-state index in [4.69, 9.17) is 10.2 Å². The van der Waals surface area contributed by atoms with Crippen LogP contribution in [-0.4, -0.2) is 10.2 Å². The minimum atomic E-state index is -0.331. The fourth-order valence-corrected chi connectivity index (χ4v) is 2.50. The summed E-state index contributed by atoms with van der Waals surface area (Å²) in [5.74, 6) is -0.483. The molecule has 2 N–H and O–H groups in total. The van der Waals surface area contributed by atoms with Crippen LogP contribution in [0.5, 0.6) is 11.5 Å². The number of hydrogen-bond acceptors (Lipinski definition) is 2. The van der Waals surface area contributed by atoms with E-state index in [0.29, 0.717) is 0 Å². The van der Waals surface area contributed by atoms with Crippen molar-refractivity contribution in [2.75, 3.05) is 0 Å².